The van der Waals surface area contributed by atoms with Crippen LogP contribution in [0.4, 0.5) is 5.69 Å². The van der Waals surface area contributed by atoms with Crippen molar-refractivity contribution in [3.63, 3.8) is 0 Å². The summed E-state index contributed by atoms with van der Waals surface area (Å²) in [5, 5.41) is 34.8. The second kappa shape index (κ2) is 8.45. The Kier molecular flexibility index (Phi) is 5.51. The molecule has 3 aromatic rings. The predicted octanol–water partition coefficient (Wildman–Crippen LogP) is 1.60. The summed E-state index contributed by atoms with van der Waals surface area (Å²) < 4.78 is 1.08. The summed E-state index contributed by atoms with van der Waals surface area (Å²) in [5.41, 5.74) is 2.62. The molecule has 8 nitrogen and oxygen atoms in total. The highest BCUT2D eigenvalue weighted by Crippen LogP contribution is 2.34. The summed E-state index contributed by atoms with van der Waals surface area (Å²) in [6, 6.07) is 11.3. The molecule has 3 heterocycles. The van der Waals surface area contributed by atoms with Crippen LogP contribution in [0, 0.1) is 5.92 Å². The minimum atomic E-state index is -0.983. The number of pyridine rings is 1. The number of aliphatic imine (C=N–C) groups is 1. The summed E-state index contributed by atoms with van der Waals surface area (Å²) in [7, 11) is 0. The molecule has 1 aliphatic carbocycles. The van der Waals surface area contributed by atoms with Crippen LogP contribution in [0.15, 0.2) is 60.0 Å². The molecule has 2 aromatic heterocycles. The Hall–Kier alpha value is -2.69. The van der Waals surface area contributed by atoms with E-state index in [0.29, 0.717) is 6.42 Å². The number of thiazole rings is 1. The molecule has 0 saturated heterocycles. The van der Waals surface area contributed by atoms with Gasteiger partial charge < -0.3 is 20.2 Å². The number of hydrogen-bond donors (Lipinski definition) is 4. The molecule has 2 aliphatic rings. The van der Waals surface area contributed by atoms with Crippen molar-refractivity contribution in [3.05, 3.63) is 60.0 Å². The predicted molar refractivity (Wildman–Crippen MR) is 121 cm³/mol. The van der Waals surface area contributed by atoms with Gasteiger partial charge in [-0.15, -0.1) is 11.3 Å². The van der Waals surface area contributed by atoms with E-state index in [1.165, 1.54) is 0 Å². The van der Waals surface area contributed by atoms with E-state index in [-0.39, 0.29) is 18.7 Å². The van der Waals surface area contributed by atoms with Crippen LogP contribution in [0.1, 0.15) is 11.4 Å². The number of rotatable bonds is 5. The average molecular weight is 438 g/mol. The third-order valence-corrected chi connectivity index (χ3v) is 6.96. The van der Waals surface area contributed by atoms with Gasteiger partial charge in [0.05, 0.1) is 40.6 Å². The molecule has 0 spiro atoms. The first-order chi connectivity index (χ1) is 15.2. The van der Waals surface area contributed by atoms with Crippen molar-refractivity contribution in [2.75, 3.05) is 11.5 Å². The Balaban J connectivity index is 1.52. The van der Waals surface area contributed by atoms with Crippen LogP contribution < -0.4 is 10.2 Å². The third-order valence-electron chi connectivity index (χ3n) is 5.87. The zero-order valence-electron chi connectivity index (χ0n) is 16.6. The maximum atomic E-state index is 10.6. The molecule has 0 bridgehead atoms. The van der Waals surface area contributed by atoms with Gasteiger partial charge in [0.2, 0.25) is 0 Å². The number of nitrogens with one attached hydrogen (secondary N) is 1. The lowest BCUT2D eigenvalue weighted by Crippen LogP contribution is -2.54. The van der Waals surface area contributed by atoms with E-state index in [1.54, 1.807) is 36.3 Å². The fourth-order valence-corrected chi connectivity index (χ4v) is 5.21. The van der Waals surface area contributed by atoms with Gasteiger partial charge in [-0.2, -0.15) is 0 Å². The number of anilines is 1. The van der Waals surface area contributed by atoms with Crippen LogP contribution in [0.2, 0.25) is 0 Å². The lowest BCUT2D eigenvalue weighted by atomic mass is 10.1. The van der Waals surface area contributed by atoms with Gasteiger partial charge in [0.15, 0.2) is 0 Å². The minimum Gasteiger partial charge on any atom is -0.396 e. The zero-order chi connectivity index (χ0) is 21.4. The van der Waals surface area contributed by atoms with Crippen molar-refractivity contribution in [3.8, 4) is 0 Å². The van der Waals surface area contributed by atoms with Gasteiger partial charge in [-0.1, -0.05) is 12.1 Å². The quantitative estimate of drug-likeness (QED) is 0.479. The first-order valence-electron chi connectivity index (χ1n) is 10.2. The van der Waals surface area contributed by atoms with E-state index in [2.05, 4.69) is 15.3 Å². The van der Waals surface area contributed by atoms with Gasteiger partial charge in [0, 0.05) is 36.5 Å². The molecule has 5 rings (SSSR count). The second-order valence-electron chi connectivity index (χ2n) is 7.79. The third kappa shape index (κ3) is 3.75. The smallest absolute Gasteiger partial charge is 0.125 e. The second-order valence-corrected chi connectivity index (χ2v) is 8.82. The molecule has 1 saturated carbocycles. The number of para-hydroxylation sites is 1. The molecular weight excluding hydrogens is 414 g/mol. The SMILES string of the molecule is OC[C@H]1C[C@@H](NC2C(c3nc4ccccc4s3)=CN=CN2c2cccnc2)[C@H](O)[C@@H]1O. The summed E-state index contributed by atoms with van der Waals surface area (Å²) in [5.74, 6) is -0.369. The lowest BCUT2D eigenvalue weighted by Gasteiger charge is -2.36. The van der Waals surface area contributed by atoms with Crippen molar-refractivity contribution in [2.45, 2.75) is 30.8 Å². The van der Waals surface area contributed by atoms with E-state index in [1.807, 2.05) is 41.3 Å². The standard InChI is InChI=1S/C22H23N5O3S/c28-11-13-8-17(20(30)19(13)29)25-21-15(22-26-16-5-1-2-6-18(16)31-22)10-24-12-27(21)14-4-3-7-23-9-14/h1-7,9-10,12-13,17,19-21,25,28-30H,8,11H2/t13-,17-,19-,20+,21?/m1/s1. The maximum absolute atomic E-state index is 10.6. The van der Waals surface area contributed by atoms with E-state index in [9.17, 15) is 15.3 Å². The molecule has 9 heteroatoms. The van der Waals surface area contributed by atoms with Gasteiger partial charge in [0.25, 0.3) is 0 Å². The van der Waals surface area contributed by atoms with Gasteiger partial charge in [-0.05, 0) is 30.7 Å². The largest absolute Gasteiger partial charge is 0.396 e. The van der Waals surface area contributed by atoms with Gasteiger partial charge >= 0.3 is 0 Å². The maximum Gasteiger partial charge on any atom is 0.125 e. The van der Waals surface area contributed by atoms with Crippen LogP contribution in [0.3, 0.4) is 0 Å². The normalized spacial score (nSPS) is 28.3. The minimum absolute atomic E-state index is 0.171. The zero-order valence-corrected chi connectivity index (χ0v) is 17.4. The summed E-state index contributed by atoms with van der Waals surface area (Å²) in [4.78, 5) is 15.4. The first kappa shape index (κ1) is 20.2. The number of aromatic nitrogens is 2. The van der Waals surface area contributed by atoms with Crippen molar-refractivity contribution in [1.82, 2.24) is 15.3 Å². The number of benzene rings is 1. The molecule has 1 aliphatic heterocycles. The topological polar surface area (TPSA) is 114 Å². The fourth-order valence-electron chi connectivity index (χ4n) is 4.21. The van der Waals surface area contributed by atoms with Crippen LogP contribution in [-0.2, 0) is 0 Å². The number of nitrogens with zero attached hydrogens (tertiary/aromatic N) is 4. The molecule has 1 aromatic carbocycles. The van der Waals surface area contributed by atoms with Gasteiger partial charge in [-0.3, -0.25) is 10.3 Å². The molecule has 31 heavy (non-hydrogen) atoms. The van der Waals surface area contributed by atoms with Gasteiger partial charge in [0.1, 0.15) is 11.2 Å². The van der Waals surface area contributed by atoms with Crippen LogP contribution in [0.25, 0.3) is 15.8 Å². The highest BCUT2D eigenvalue weighted by Gasteiger charge is 2.43. The highest BCUT2D eigenvalue weighted by molar-refractivity contribution is 7.19. The molecule has 0 amide bonds. The van der Waals surface area contributed by atoms with Crippen LogP contribution >= 0.6 is 11.3 Å². The molecule has 1 unspecified atom stereocenters. The van der Waals surface area contributed by atoms with E-state index < -0.39 is 18.2 Å². The Morgan fingerprint density at radius 1 is 1.13 bits per heavy atom. The Labute approximate surface area is 183 Å². The summed E-state index contributed by atoms with van der Waals surface area (Å²) in [6.45, 7) is -0.171. The monoisotopic (exact) mass is 437 g/mol. The molecular formula is C22H23N5O3S. The van der Waals surface area contributed by atoms with E-state index >= 15 is 0 Å². The Bertz CT molecular complexity index is 1090. The summed E-state index contributed by atoms with van der Waals surface area (Å²) in [6.07, 6.45) is 5.08. The van der Waals surface area contributed by atoms with Crippen molar-refractivity contribution < 1.29 is 15.3 Å². The van der Waals surface area contributed by atoms with Crippen LogP contribution in [-0.4, -0.2) is 62.6 Å². The van der Waals surface area contributed by atoms with E-state index in [0.717, 1.165) is 26.5 Å². The van der Waals surface area contributed by atoms with E-state index in [4.69, 9.17) is 4.98 Å². The van der Waals surface area contributed by atoms with Crippen molar-refractivity contribution in [1.29, 1.82) is 0 Å². The molecule has 0 radical (unpaired) electrons. The lowest BCUT2D eigenvalue weighted by molar-refractivity contribution is -0.000593. The number of aliphatic hydroxyl groups excluding tert-OH is 3. The number of hydrogen-bond acceptors (Lipinski definition) is 9. The Morgan fingerprint density at radius 3 is 2.74 bits per heavy atom. The molecule has 160 valence electrons. The molecule has 4 N–H and O–H groups in total. The highest BCUT2D eigenvalue weighted by atomic mass is 32.1. The van der Waals surface area contributed by atoms with Crippen molar-refractivity contribution >= 4 is 39.2 Å². The summed E-state index contributed by atoms with van der Waals surface area (Å²) >= 11 is 1.58. The average Bonchev–Trinajstić information content (AvgIpc) is 3.36. The fraction of sp³-hybridized carbons (Fsp3) is 0.318. The molecule has 1 fully saturated rings. The van der Waals surface area contributed by atoms with Gasteiger partial charge in [-0.25, -0.2) is 9.98 Å². The van der Waals surface area contributed by atoms with Crippen molar-refractivity contribution in [2.24, 2.45) is 10.9 Å². The number of aliphatic hydroxyl groups is 3. The Morgan fingerprint density at radius 2 is 2.00 bits per heavy atom. The number of fused-ring (bicyclic) bond motifs is 1. The van der Waals surface area contributed by atoms with Crippen LogP contribution in [0.5, 0.6) is 0 Å². The molecule has 5 atom stereocenters. The first-order valence-corrected chi connectivity index (χ1v) is 11.0.